The highest BCUT2D eigenvalue weighted by molar-refractivity contribution is 5.79. The first-order valence-electron chi connectivity index (χ1n) is 8.71. The molecule has 1 N–H and O–H groups in total. The standard InChI is InChI=1S/C23H18N2O2/c26-19-13-10-17(11-14-19)12-15-22-24-21-9-5-4-8-20(21)23(27)25(22)16-18-6-2-1-3-7-18/h1-15,26H,16H2/b15-12+. The van der Waals surface area contributed by atoms with Gasteiger partial charge in [0.1, 0.15) is 11.6 Å². The van der Waals surface area contributed by atoms with E-state index in [0.717, 1.165) is 11.1 Å². The Hall–Kier alpha value is -3.66. The van der Waals surface area contributed by atoms with Crippen LogP contribution in [-0.2, 0) is 6.54 Å². The van der Waals surface area contributed by atoms with E-state index >= 15 is 0 Å². The van der Waals surface area contributed by atoms with Crippen molar-refractivity contribution in [2.75, 3.05) is 0 Å². The van der Waals surface area contributed by atoms with Crippen LogP contribution in [0, 0.1) is 0 Å². The fraction of sp³-hybridized carbons (Fsp3) is 0.0435. The van der Waals surface area contributed by atoms with Crippen molar-refractivity contribution in [1.82, 2.24) is 9.55 Å². The number of aromatic nitrogens is 2. The van der Waals surface area contributed by atoms with Crippen molar-refractivity contribution in [3.8, 4) is 5.75 Å². The third-order valence-electron chi connectivity index (χ3n) is 4.39. The van der Waals surface area contributed by atoms with Crippen LogP contribution in [0.2, 0.25) is 0 Å². The second kappa shape index (κ2) is 7.30. The summed E-state index contributed by atoms with van der Waals surface area (Å²) in [6.07, 6.45) is 3.72. The molecule has 132 valence electrons. The molecule has 3 aromatic carbocycles. The normalized spacial score (nSPS) is 11.3. The van der Waals surface area contributed by atoms with E-state index < -0.39 is 0 Å². The van der Waals surface area contributed by atoms with Crippen molar-refractivity contribution < 1.29 is 5.11 Å². The molecule has 4 aromatic rings. The molecule has 0 aliphatic heterocycles. The summed E-state index contributed by atoms with van der Waals surface area (Å²) in [5.41, 5.74) is 2.57. The van der Waals surface area contributed by atoms with Crippen LogP contribution in [0.1, 0.15) is 17.0 Å². The number of phenols is 1. The van der Waals surface area contributed by atoms with Crippen LogP contribution in [0.3, 0.4) is 0 Å². The fourth-order valence-corrected chi connectivity index (χ4v) is 2.99. The average molecular weight is 354 g/mol. The minimum absolute atomic E-state index is 0.0604. The van der Waals surface area contributed by atoms with Crippen LogP contribution < -0.4 is 5.56 Å². The Morgan fingerprint density at radius 1 is 0.852 bits per heavy atom. The second-order valence-electron chi connectivity index (χ2n) is 6.29. The lowest BCUT2D eigenvalue weighted by atomic mass is 10.2. The van der Waals surface area contributed by atoms with Gasteiger partial charge in [0.15, 0.2) is 0 Å². The largest absolute Gasteiger partial charge is 0.508 e. The van der Waals surface area contributed by atoms with Gasteiger partial charge in [0, 0.05) is 0 Å². The van der Waals surface area contributed by atoms with E-state index in [0.29, 0.717) is 23.3 Å². The van der Waals surface area contributed by atoms with E-state index in [1.165, 1.54) is 0 Å². The zero-order valence-electron chi connectivity index (χ0n) is 14.6. The van der Waals surface area contributed by atoms with Crippen molar-refractivity contribution in [1.29, 1.82) is 0 Å². The van der Waals surface area contributed by atoms with Gasteiger partial charge in [0.2, 0.25) is 0 Å². The van der Waals surface area contributed by atoms with Gasteiger partial charge in [-0.05, 0) is 41.5 Å². The maximum atomic E-state index is 13.1. The van der Waals surface area contributed by atoms with Gasteiger partial charge in [-0.15, -0.1) is 0 Å². The van der Waals surface area contributed by atoms with Crippen LogP contribution in [0.4, 0.5) is 0 Å². The van der Waals surface area contributed by atoms with E-state index in [4.69, 9.17) is 4.98 Å². The quantitative estimate of drug-likeness (QED) is 0.594. The molecule has 0 radical (unpaired) electrons. The van der Waals surface area contributed by atoms with Crippen molar-refractivity contribution >= 4 is 23.1 Å². The molecule has 0 saturated carbocycles. The molecule has 1 aromatic heterocycles. The van der Waals surface area contributed by atoms with Gasteiger partial charge in [-0.25, -0.2) is 4.98 Å². The Morgan fingerprint density at radius 3 is 2.33 bits per heavy atom. The highest BCUT2D eigenvalue weighted by Gasteiger charge is 2.09. The Kier molecular flexibility index (Phi) is 4.54. The van der Waals surface area contributed by atoms with E-state index in [-0.39, 0.29) is 11.3 Å². The number of fused-ring (bicyclic) bond motifs is 1. The molecule has 0 atom stereocenters. The lowest BCUT2D eigenvalue weighted by Gasteiger charge is -2.11. The smallest absolute Gasteiger partial charge is 0.261 e. The number of benzene rings is 3. The van der Waals surface area contributed by atoms with E-state index in [2.05, 4.69) is 0 Å². The number of para-hydroxylation sites is 1. The van der Waals surface area contributed by atoms with Crippen LogP contribution in [0.5, 0.6) is 5.75 Å². The van der Waals surface area contributed by atoms with Crippen molar-refractivity contribution in [3.63, 3.8) is 0 Å². The summed E-state index contributed by atoms with van der Waals surface area (Å²) < 4.78 is 1.69. The fourth-order valence-electron chi connectivity index (χ4n) is 2.99. The summed E-state index contributed by atoms with van der Waals surface area (Å²) in [6.45, 7) is 0.451. The molecule has 0 spiro atoms. The van der Waals surface area contributed by atoms with Gasteiger partial charge >= 0.3 is 0 Å². The first-order valence-corrected chi connectivity index (χ1v) is 8.71. The highest BCUT2D eigenvalue weighted by Crippen LogP contribution is 2.15. The third-order valence-corrected chi connectivity index (χ3v) is 4.39. The Bertz CT molecular complexity index is 1160. The lowest BCUT2D eigenvalue weighted by molar-refractivity contribution is 0.475. The van der Waals surface area contributed by atoms with Crippen LogP contribution in [-0.4, -0.2) is 14.7 Å². The number of aromatic hydroxyl groups is 1. The molecule has 4 rings (SSSR count). The summed E-state index contributed by atoms with van der Waals surface area (Å²) in [5, 5.41) is 10.0. The number of phenolic OH excluding ortho intramolecular Hbond substituents is 1. The number of hydrogen-bond donors (Lipinski definition) is 1. The van der Waals surface area contributed by atoms with Crippen LogP contribution in [0.15, 0.2) is 83.7 Å². The van der Waals surface area contributed by atoms with Gasteiger partial charge in [-0.1, -0.05) is 60.7 Å². The SMILES string of the molecule is O=c1c2ccccc2nc(/C=C/c2ccc(O)cc2)n1Cc1ccccc1. The number of rotatable bonds is 4. The molecule has 0 fully saturated rings. The molecule has 0 aliphatic rings. The van der Waals surface area contributed by atoms with Crippen molar-refractivity contribution in [2.45, 2.75) is 6.54 Å². The average Bonchev–Trinajstić information content (AvgIpc) is 2.71. The molecular formula is C23H18N2O2. The molecule has 0 aliphatic carbocycles. The molecular weight excluding hydrogens is 336 g/mol. The van der Waals surface area contributed by atoms with E-state index in [1.54, 1.807) is 22.8 Å². The lowest BCUT2D eigenvalue weighted by Crippen LogP contribution is -2.24. The van der Waals surface area contributed by atoms with Gasteiger partial charge < -0.3 is 5.11 Å². The zero-order valence-corrected chi connectivity index (χ0v) is 14.6. The van der Waals surface area contributed by atoms with Gasteiger partial charge in [0.05, 0.1) is 17.4 Å². The molecule has 4 heteroatoms. The zero-order chi connectivity index (χ0) is 18.6. The molecule has 1 heterocycles. The monoisotopic (exact) mass is 354 g/mol. The summed E-state index contributed by atoms with van der Waals surface area (Å²) in [4.78, 5) is 17.8. The summed E-state index contributed by atoms with van der Waals surface area (Å²) in [6, 6.07) is 24.1. The van der Waals surface area contributed by atoms with Gasteiger partial charge in [-0.3, -0.25) is 9.36 Å². The summed E-state index contributed by atoms with van der Waals surface area (Å²) in [7, 11) is 0. The van der Waals surface area contributed by atoms with Crippen molar-refractivity contribution in [2.24, 2.45) is 0 Å². The molecule has 0 unspecified atom stereocenters. The predicted molar refractivity (Wildman–Crippen MR) is 109 cm³/mol. The van der Waals surface area contributed by atoms with Gasteiger partial charge in [-0.2, -0.15) is 0 Å². The maximum Gasteiger partial charge on any atom is 0.261 e. The Morgan fingerprint density at radius 2 is 1.56 bits per heavy atom. The molecule has 0 saturated heterocycles. The van der Waals surface area contributed by atoms with E-state index in [1.807, 2.05) is 72.8 Å². The summed E-state index contributed by atoms with van der Waals surface area (Å²) >= 11 is 0. The van der Waals surface area contributed by atoms with Crippen molar-refractivity contribution in [3.05, 3.63) is 106 Å². The van der Waals surface area contributed by atoms with Crippen LogP contribution in [0.25, 0.3) is 23.1 Å². The number of hydrogen-bond acceptors (Lipinski definition) is 3. The third kappa shape index (κ3) is 3.65. The highest BCUT2D eigenvalue weighted by atomic mass is 16.3. The predicted octanol–water partition coefficient (Wildman–Crippen LogP) is 4.32. The Balaban J connectivity index is 1.83. The molecule has 0 amide bonds. The first kappa shape index (κ1) is 16.8. The topological polar surface area (TPSA) is 55.1 Å². The minimum atomic E-state index is -0.0604. The van der Waals surface area contributed by atoms with Gasteiger partial charge in [0.25, 0.3) is 5.56 Å². The maximum absolute atomic E-state index is 13.1. The second-order valence-corrected chi connectivity index (χ2v) is 6.29. The summed E-state index contributed by atoms with van der Waals surface area (Å²) in [5.74, 6) is 0.813. The molecule has 27 heavy (non-hydrogen) atoms. The molecule has 4 nitrogen and oxygen atoms in total. The van der Waals surface area contributed by atoms with E-state index in [9.17, 15) is 9.90 Å². The minimum Gasteiger partial charge on any atom is -0.508 e. The van der Waals surface area contributed by atoms with Crippen LogP contribution >= 0.6 is 0 Å². The molecule has 0 bridgehead atoms. The Labute approximate surface area is 156 Å². The number of nitrogens with zero attached hydrogens (tertiary/aromatic N) is 2. The first-order chi connectivity index (χ1) is 13.2.